The van der Waals surface area contributed by atoms with E-state index in [1.807, 2.05) is 12.2 Å². The molecule has 0 saturated carbocycles. The summed E-state index contributed by atoms with van der Waals surface area (Å²) in [5, 5.41) is 3.10. The van der Waals surface area contributed by atoms with E-state index >= 15 is 0 Å². The highest BCUT2D eigenvalue weighted by atomic mass is 19.1. The molecular weight excluding hydrogens is 287 g/mol. The zero-order valence-electron chi connectivity index (χ0n) is 11.7. The Morgan fingerprint density at radius 1 is 0.955 bits per heavy atom. The van der Waals surface area contributed by atoms with E-state index in [1.54, 1.807) is 18.2 Å². The van der Waals surface area contributed by atoms with Gasteiger partial charge >= 0.3 is 0 Å². The number of fused-ring (bicyclic) bond motifs is 3. The first-order valence-corrected chi connectivity index (χ1v) is 7.31. The lowest BCUT2D eigenvalue weighted by Crippen LogP contribution is -2.30. The Morgan fingerprint density at radius 3 is 2.59 bits per heavy atom. The molecule has 1 N–H and O–H groups in total. The number of benzene rings is 2. The van der Waals surface area contributed by atoms with Crippen LogP contribution in [0, 0.1) is 23.4 Å². The maximum atomic E-state index is 14.2. The Bertz CT molecular complexity index is 769. The van der Waals surface area contributed by atoms with E-state index in [2.05, 4.69) is 5.32 Å². The molecule has 4 heteroatoms. The summed E-state index contributed by atoms with van der Waals surface area (Å²) in [6.07, 6.45) is 4.73. The molecule has 0 spiro atoms. The van der Waals surface area contributed by atoms with Crippen LogP contribution in [0.3, 0.4) is 0 Å². The number of anilines is 1. The zero-order chi connectivity index (χ0) is 15.3. The van der Waals surface area contributed by atoms with Crippen LogP contribution >= 0.6 is 0 Å². The van der Waals surface area contributed by atoms with Crippen LogP contribution in [0.4, 0.5) is 18.9 Å². The minimum atomic E-state index is -0.630. The minimum Gasteiger partial charge on any atom is -0.375 e. The van der Waals surface area contributed by atoms with Crippen molar-refractivity contribution in [2.24, 2.45) is 5.92 Å². The van der Waals surface area contributed by atoms with Gasteiger partial charge in [-0.05, 0) is 30.0 Å². The molecular formula is C18H14F3N. The van der Waals surface area contributed by atoms with E-state index in [1.165, 1.54) is 12.1 Å². The van der Waals surface area contributed by atoms with Gasteiger partial charge in [-0.15, -0.1) is 0 Å². The first-order valence-electron chi connectivity index (χ1n) is 7.31. The number of halogens is 3. The second kappa shape index (κ2) is 4.90. The highest BCUT2D eigenvalue weighted by Crippen LogP contribution is 2.50. The molecule has 0 fully saturated rings. The van der Waals surface area contributed by atoms with Crippen molar-refractivity contribution in [2.75, 3.05) is 5.32 Å². The Kier molecular flexibility index (Phi) is 2.99. The van der Waals surface area contributed by atoms with E-state index in [4.69, 9.17) is 0 Å². The van der Waals surface area contributed by atoms with Crippen molar-refractivity contribution < 1.29 is 13.2 Å². The summed E-state index contributed by atoms with van der Waals surface area (Å²) in [7, 11) is 0. The van der Waals surface area contributed by atoms with Gasteiger partial charge < -0.3 is 5.32 Å². The van der Waals surface area contributed by atoms with Crippen LogP contribution < -0.4 is 5.32 Å². The fraction of sp³-hybridized carbons (Fsp3) is 0.222. The van der Waals surface area contributed by atoms with Gasteiger partial charge in [0.1, 0.15) is 17.5 Å². The van der Waals surface area contributed by atoms with Crippen molar-refractivity contribution >= 4 is 5.69 Å². The van der Waals surface area contributed by atoms with Crippen LogP contribution in [-0.4, -0.2) is 0 Å². The van der Waals surface area contributed by atoms with Crippen LogP contribution in [0.1, 0.15) is 29.5 Å². The lowest BCUT2D eigenvalue weighted by Gasteiger charge is -2.37. The number of hydrogen-bond donors (Lipinski definition) is 1. The van der Waals surface area contributed by atoms with Crippen molar-refractivity contribution in [3.8, 4) is 0 Å². The van der Waals surface area contributed by atoms with Gasteiger partial charge in [0.05, 0.1) is 11.7 Å². The summed E-state index contributed by atoms with van der Waals surface area (Å²) in [5.41, 5.74) is 1.42. The second-order valence-corrected chi connectivity index (χ2v) is 5.85. The molecule has 0 bridgehead atoms. The topological polar surface area (TPSA) is 12.0 Å². The molecule has 112 valence electrons. The predicted octanol–water partition coefficient (Wildman–Crippen LogP) is 4.93. The smallest absolute Gasteiger partial charge is 0.149 e. The first-order chi connectivity index (χ1) is 10.6. The van der Waals surface area contributed by atoms with E-state index in [0.717, 1.165) is 12.5 Å². The second-order valence-electron chi connectivity index (χ2n) is 5.85. The molecule has 0 radical (unpaired) electrons. The normalized spacial score (nSPS) is 25.5. The van der Waals surface area contributed by atoms with Crippen molar-refractivity contribution in [3.05, 3.63) is 77.1 Å². The number of nitrogens with one attached hydrogen (secondary N) is 1. The predicted molar refractivity (Wildman–Crippen MR) is 79.1 cm³/mol. The third kappa shape index (κ3) is 1.94. The minimum absolute atomic E-state index is 0.0607. The standard InChI is InChI=1S/C18H14F3N/c19-10-8-14-11-5-3-6-12(11)17(22-18(14)16(21)9-10)13-4-1-2-7-15(13)20/h1-5,7-9,11-12,17,22H,6H2/t11-,12+,17-/m1/s1. The van der Waals surface area contributed by atoms with Crippen molar-refractivity contribution in [2.45, 2.75) is 18.4 Å². The quantitative estimate of drug-likeness (QED) is 0.736. The summed E-state index contributed by atoms with van der Waals surface area (Å²) in [5.74, 6) is -1.55. The lowest BCUT2D eigenvalue weighted by molar-refractivity contribution is 0.407. The SMILES string of the molecule is Fc1cc(F)c2c(c1)[C@@H]1C=CC[C@@H]1[C@H](c1ccccc1F)N2. The van der Waals surface area contributed by atoms with Crippen LogP contribution in [0.5, 0.6) is 0 Å². The van der Waals surface area contributed by atoms with Crippen LogP contribution in [0.15, 0.2) is 48.6 Å². The van der Waals surface area contributed by atoms with Gasteiger partial charge in [0, 0.05) is 17.5 Å². The molecule has 0 unspecified atom stereocenters. The van der Waals surface area contributed by atoms with E-state index < -0.39 is 11.6 Å². The fourth-order valence-corrected chi connectivity index (χ4v) is 3.66. The molecule has 0 aromatic heterocycles. The molecule has 1 aliphatic heterocycles. The number of hydrogen-bond acceptors (Lipinski definition) is 1. The summed E-state index contributed by atoms with van der Waals surface area (Å²) >= 11 is 0. The molecule has 1 nitrogen and oxygen atoms in total. The average Bonchev–Trinajstić information content (AvgIpc) is 2.97. The van der Waals surface area contributed by atoms with Crippen LogP contribution in [0.25, 0.3) is 0 Å². The molecule has 1 heterocycles. The molecule has 0 saturated heterocycles. The van der Waals surface area contributed by atoms with Gasteiger partial charge in [-0.3, -0.25) is 0 Å². The van der Waals surface area contributed by atoms with Gasteiger partial charge in [-0.25, -0.2) is 13.2 Å². The molecule has 0 amide bonds. The molecule has 1 aliphatic carbocycles. The average molecular weight is 301 g/mol. The maximum absolute atomic E-state index is 14.2. The van der Waals surface area contributed by atoms with Crippen LogP contribution in [0.2, 0.25) is 0 Å². The van der Waals surface area contributed by atoms with Crippen molar-refractivity contribution in [1.29, 1.82) is 0 Å². The largest absolute Gasteiger partial charge is 0.375 e. The Labute approximate surface area is 126 Å². The summed E-state index contributed by atoms with van der Waals surface area (Å²) in [4.78, 5) is 0. The van der Waals surface area contributed by atoms with Gasteiger partial charge in [0.15, 0.2) is 0 Å². The summed E-state index contributed by atoms with van der Waals surface area (Å²) in [6, 6.07) is 8.44. The van der Waals surface area contributed by atoms with Gasteiger partial charge in [0.25, 0.3) is 0 Å². The summed E-state index contributed by atoms with van der Waals surface area (Å²) < 4.78 is 41.9. The Morgan fingerprint density at radius 2 is 1.77 bits per heavy atom. The molecule has 22 heavy (non-hydrogen) atoms. The van der Waals surface area contributed by atoms with Gasteiger partial charge in [-0.1, -0.05) is 30.4 Å². The third-order valence-electron chi connectivity index (χ3n) is 4.63. The molecule has 2 aromatic rings. The van der Waals surface area contributed by atoms with E-state index in [9.17, 15) is 13.2 Å². The molecule has 4 rings (SSSR count). The molecule has 3 atom stereocenters. The van der Waals surface area contributed by atoms with E-state index in [0.29, 0.717) is 11.1 Å². The summed E-state index contributed by atoms with van der Waals surface area (Å²) in [6.45, 7) is 0. The number of rotatable bonds is 1. The van der Waals surface area contributed by atoms with Gasteiger partial charge in [-0.2, -0.15) is 0 Å². The molecule has 2 aliphatic rings. The maximum Gasteiger partial charge on any atom is 0.149 e. The van der Waals surface area contributed by atoms with Crippen LogP contribution in [-0.2, 0) is 0 Å². The fourth-order valence-electron chi connectivity index (χ4n) is 3.66. The third-order valence-corrected chi connectivity index (χ3v) is 4.63. The van der Waals surface area contributed by atoms with Crippen molar-refractivity contribution in [3.63, 3.8) is 0 Å². The lowest BCUT2D eigenvalue weighted by atomic mass is 9.77. The highest BCUT2D eigenvalue weighted by Gasteiger charge is 2.40. The first kappa shape index (κ1) is 13.4. The highest BCUT2D eigenvalue weighted by molar-refractivity contribution is 5.60. The Hall–Kier alpha value is -2.23. The monoisotopic (exact) mass is 301 g/mol. The van der Waals surface area contributed by atoms with E-state index in [-0.39, 0.29) is 29.4 Å². The Balaban J connectivity index is 1.86. The molecule has 2 aromatic carbocycles. The number of allylic oxidation sites excluding steroid dienone is 2. The van der Waals surface area contributed by atoms with Gasteiger partial charge in [0.2, 0.25) is 0 Å². The van der Waals surface area contributed by atoms with Crippen molar-refractivity contribution in [1.82, 2.24) is 0 Å². The zero-order valence-corrected chi connectivity index (χ0v) is 11.7.